The number of ether oxygens (including phenoxy) is 1. The third-order valence-electron chi connectivity index (χ3n) is 1.50. The van der Waals surface area contributed by atoms with Crippen LogP contribution in [0, 0.1) is 0 Å². The largest absolute Gasteiger partial charge is 0.380 e. The van der Waals surface area contributed by atoms with Gasteiger partial charge in [-0.05, 0) is 6.42 Å². The van der Waals surface area contributed by atoms with Crippen LogP contribution in [-0.2, 0) is 4.74 Å². The number of rotatable bonds is 7. The quantitative estimate of drug-likeness (QED) is 0.463. The van der Waals surface area contributed by atoms with Gasteiger partial charge in [0.1, 0.15) is 0 Å². The fraction of sp³-hybridized carbons (Fsp3) is 1.00. The Morgan fingerprint density at radius 1 is 1.27 bits per heavy atom. The third kappa shape index (κ3) is 10.3. The van der Waals surface area contributed by atoms with Gasteiger partial charge in [-0.25, -0.2) is 0 Å². The van der Waals surface area contributed by atoms with Gasteiger partial charge in [0.05, 0.1) is 6.61 Å². The second kappa shape index (κ2) is 8.41. The average Bonchev–Trinajstić information content (AvgIpc) is 1.96. The Kier molecular flexibility index (Phi) is 8.64. The van der Waals surface area contributed by atoms with E-state index in [4.69, 9.17) is 4.74 Å². The highest BCUT2D eigenvalue weighted by Crippen LogP contribution is 2.00. The molecule has 68 valence electrons. The third-order valence-corrected chi connectivity index (χ3v) is 1.65. The van der Waals surface area contributed by atoms with Crippen molar-refractivity contribution in [1.29, 1.82) is 0 Å². The smallest absolute Gasteiger partial charge is 0.0579 e. The van der Waals surface area contributed by atoms with E-state index in [0.29, 0.717) is 5.25 Å². The van der Waals surface area contributed by atoms with E-state index in [1.807, 2.05) is 0 Å². The Morgan fingerprint density at radius 3 is 2.55 bits per heavy atom. The molecule has 0 spiro atoms. The molecular formula is C9H20OS. The minimum absolute atomic E-state index is 0.376. The molecule has 0 heterocycles. The summed E-state index contributed by atoms with van der Waals surface area (Å²) in [6.07, 6.45) is 5.13. The molecule has 0 rings (SSSR count). The molecule has 0 amide bonds. The van der Waals surface area contributed by atoms with Crippen LogP contribution >= 0.6 is 12.6 Å². The van der Waals surface area contributed by atoms with E-state index in [1.165, 1.54) is 25.7 Å². The molecule has 1 atom stereocenters. The second-order valence-corrected chi connectivity index (χ2v) is 3.87. The number of hydrogen-bond donors (Lipinski definition) is 1. The summed E-state index contributed by atoms with van der Waals surface area (Å²) in [6.45, 7) is 5.96. The van der Waals surface area contributed by atoms with Crippen molar-refractivity contribution in [3.8, 4) is 0 Å². The molecule has 0 bridgehead atoms. The Morgan fingerprint density at radius 2 is 2.00 bits per heavy atom. The van der Waals surface area contributed by atoms with E-state index in [9.17, 15) is 0 Å². The van der Waals surface area contributed by atoms with Crippen molar-refractivity contribution in [2.24, 2.45) is 0 Å². The van der Waals surface area contributed by atoms with Gasteiger partial charge in [0.2, 0.25) is 0 Å². The first kappa shape index (κ1) is 11.3. The van der Waals surface area contributed by atoms with Crippen LogP contribution in [0.25, 0.3) is 0 Å². The molecule has 1 unspecified atom stereocenters. The Hall–Kier alpha value is 0.310. The van der Waals surface area contributed by atoms with Crippen molar-refractivity contribution in [1.82, 2.24) is 0 Å². The molecule has 1 nitrogen and oxygen atoms in total. The van der Waals surface area contributed by atoms with E-state index in [-0.39, 0.29) is 0 Å². The molecular weight excluding hydrogens is 156 g/mol. The van der Waals surface area contributed by atoms with E-state index >= 15 is 0 Å². The fourth-order valence-electron chi connectivity index (χ4n) is 0.885. The van der Waals surface area contributed by atoms with Crippen LogP contribution < -0.4 is 0 Å². The maximum atomic E-state index is 5.37. The molecule has 0 N–H and O–H groups in total. The van der Waals surface area contributed by atoms with Gasteiger partial charge >= 0.3 is 0 Å². The first-order valence-electron chi connectivity index (χ1n) is 4.53. The van der Waals surface area contributed by atoms with Gasteiger partial charge in [-0.2, -0.15) is 12.6 Å². The van der Waals surface area contributed by atoms with Crippen LogP contribution in [0.4, 0.5) is 0 Å². The fourth-order valence-corrected chi connectivity index (χ4v) is 0.990. The van der Waals surface area contributed by atoms with Crippen LogP contribution in [-0.4, -0.2) is 18.5 Å². The predicted octanol–water partition coefficient (Wildman–Crippen LogP) is 2.90. The van der Waals surface area contributed by atoms with Gasteiger partial charge in [-0.15, -0.1) is 0 Å². The number of hydrogen-bond acceptors (Lipinski definition) is 2. The molecule has 0 aliphatic rings. The van der Waals surface area contributed by atoms with Crippen molar-refractivity contribution < 1.29 is 4.74 Å². The molecule has 0 aromatic heterocycles. The summed E-state index contributed by atoms with van der Waals surface area (Å²) in [4.78, 5) is 0. The molecule has 0 radical (unpaired) electrons. The van der Waals surface area contributed by atoms with Gasteiger partial charge in [0, 0.05) is 11.9 Å². The Bertz CT molecular complexity index is 74.0. The van der Waals surface area contributed by atoms with Crippen molar-refractivity contribution in [2.45, 2.75) is 44.8 Å². The zero-order chi connectivity index (χ0) is 8.53. The van der Waals surface area contributed by atoms with Crippen LogP contribution in [0.5, 0.6) is 0 Å². The zero-order valence-electron chi connectivity index (χ0n) is 7.68. The lowest BCUT2D eigenvalue weighted by atomic mass is 10.2. The molecule has 0 aromatic rings. The molecule has 0 aromatic carbocycles. The summed E-state index contributed by atoms with van der Waals surface area (Å²) < 4.78 is 5.37. The molecule has 11 heavy (non-hydrogen) atoms. The normalized spacial score (nSPS) is 13.4. The Balaban J connectivity index is 2.80. The molecule has 2 heteroatoms. The summed E-state index contributed by atoms with van der Waals surface area (Å²) in [5.41, 5.74) is 0. The van der Waals surface area contributed by atoms with Gasteiger partial charge < -0.3 is 4.74 Å². The van der Waals surface area contributed by atoms with Crippen molar-refractivity contribution in [3.05, 3.63) is 0 Å². The van der Waals surface area contributed by atoms with E-state index in [0.717, 1.165) is 13.2 Å². The molecule has 0 aliphatic carbocycles. The average molecular weight is 176 g/mol. The summed E-state index contributed by atoms with van der Waals surface area (Å²) in [7, 11) is 0. The Labute approximate surface area is 75.9 Å². The highest BCUT2D eigenvalue weighted by atomic mass is 32.1. The lowest BCUT2D eigenvalue weighted by molar-refractivity contribution is 0.134. The monoisotopic (exact) mass is 176 g/mol. The van der Waals surface area contributed by atoms with E-state index in [1.54, 1.807) is 0 Å². The topological polar surface area (TPSA) is 9.23 Å². The van der Waals surface area contributed by atoms with Crippen LogP contribution in [0.2, 0.25) is 0 Å². The summed E-state index contributed by atoms with van der Waals surface area (Å²) in [5.74, 6) is 0. The SMILES string of the molecule is CCCCCCOCC(C)S. The van der Waals surface area contributed by atoms with E-state index < -0.39 is 0 Å². The number of unbranched alkanes of at least 4 members (excludes halogenated alkanes) is 3. The highest BCUT2D eigenvalue weighted by Gasteiger charge is 1.93. The molecule has 0 fully saturated rings. The standard InChI is InChI=1S/C9H20OS/c1-3-4-5-6-7-10-8-9(2)11/h9,11H,3-8H2,1-2H3. The van der Waals surface area contributed by atoms with Gasteiger partial charge in [-0.3, -0.25) is 0 Å². The summed E-state index contributed by atoms with van der Waals surface area (Å²) in [6, 6.07) is 0. The first-order chi connectivity index (χ1) is 5.27. The lowest BCUT2D eigenvalue weighted by Gasteiger charge is -2.05. The second-order valence-electron chi connectivity index (χ2n) is 2.98. The summed E-state index contributed by atoms with van der Waals surface area (Å²) >= 11 is 4.22. The van der Waals surface area contributed by atoms with Gasteiger partial charge in [0.25, 0.3) is 0 Å². The van der Waals surface area contributed by atoms with Crippen LogP contribution in [0.15, 0.2) is 0 Å². The first-order valence-corrected chi connectivity index (χ1v) is 5.04. The maximum Gasteiger partial charge on any atom is 0.0579 e. The van der Waals surface area contributed by atoms with Crippen LogP contribution in [0.3, 0.4) is 0 Å². The number of thiol groups is 1. The highest BCUT2D eigenvalue weighted by molar-refractivity contribution is 7.80. The van der Waals surface area contributed by atoms with E-state index in [2.05, 4.69) is 26.5 Å². The van der Waals surface area contributed by atoms with Gasteiger partial charge in [0.15, 0.2) is 0 Å². The summed E-state index contributed by atoms with van der Waals surface area (Å²) in [5, 5.41) is 0.376. The lowest BCUT2D eigenvalue weighted by Crippen LogP contribution is -2.05. The minimum Gasteiger partial charge on any atom is -0.380 e. The molecule has 0 saturated carbocycles. The van der Waals surface area contributed by atoms with Gasteiger partial charge in [-0.1, -0.05) is 33.1 Å². The van der Waals surface area contributed by atoms with Crippen molar-refractivity contribution in [2.75, 3.05) is 13.2 Å². The molecule has 0 aliphatic heterocycles. The minimum atomic E-state index is 0.376. The zero-order valence-corrected chi connectivity index (χ0v) is 8.57. The molecule has 0 saturated heterocycles. The van der Waals surface area contributed by atoms with Crippen molar-refractivity contribution >= 4 is 12.6 Å². The maximum absolute atomic E-state index is 5.37. The van der Waals surface area contributed by atoms with Crippen molar-refractivity contribution in [3.63, 3.8) is 0 Å². The predicted molar refractivity (Wildman–Crippen MR) is 53.4 cm³/mol. The van der Waals surface area contributed by atoms with Crippen LogP contribution in [0.1, 0.15) is 39.5 Å².